The maximum atomic E-state index is 2.63. The predicted octanol–water partition coefficient (Wildman–Crippen LogP) is 6.35. The van der Waals surface area contributed by atoms with Crippen LogP contribution in [0.3, 0.4) is 0 Å². The van der Waals surface area contributed by atoms with E-state index in [-0.39, 0.29) is 0 Å². The summed E-state index contributed by atoms with van der Waals surface area (Å²) in [6.07, 6.45) is 2.43. The van der Waals surface area contributed by atoms with Crippen molar-refractivity contribution in [1.82, 2.24) is 0 Å². The van der Waals surface area contributed by atoms with E-state index in [1.807, 2.05) is 0 Å². The molecule has 0 bridgehead atoms. The summed E-state index contributed by atoms with van der Waals surface area (Å²) in [7, 11) is 0. The van der Waals surface area contributed by atoms with Crippen LogP contribution in [0.1, 0.15) is 43.4 Å². The van der Waals surface area contributed by atoms with Crippen molar-refractivity contribution in [3.8, 4) is 11.1 Å². The van der Waals surface area contributed by atoms with E-state index < -0.39 is 21.3 Å². The zero-order chi connectivity index (χ0) is 17.7. The SMILES string of the molecule is C[CH]=[Zr]([CH]1C(C)=Cc2ccccc21)[CH]1c2ccccc2-c2ccccc21. The van der Waals surface area contributed by atoms with Gasteiger partial charge in [0, 0.05) is 0 Å². The number of fused-ring (bicyclic) bond motifs is 4. The van der Waals surface area contributed by atoms with Crippen molar-refractivity contribution in [2.24, 2.45) is 0 Å². The van der Waals surface area contributed by atoms with E-state index in [1.54, 1.807) is 22.3 Å². The first-order valence-electron chi connectivity index (χ1n) is 9.41. The molecule has 2 aliphatic carbocycles. The second kappa shape index (κ2) is 6.39. The normalized spacial score (nSPS) is 18.3. The molecular formula is C25H22Zr. The third-order valence-electron chi connectivity index (χ3n) is 5.98. The second-order valence-corrected chi connectivity index (χ2v) is 14.1. The summed E-state index contributed by atoms with van der Waals surface area (Å²) in [5.74, 6) is 0. The van der Waals surface area contributed by atoms with Crippen molar-refractivity contribution in [2.45, 2.75) is 21.1 Å². The van der Waals surface area contributed by atoms with Crippen LogP contribution in [0.15, 0.2) is 78.4 Å². The third kappa shape index (κ3) is 2.34. The van der Waals surface area contributed by atoms with Crippen molar-refractivity contribution in [3.63, 3.8) is 0 Å². The van der Waals surface area contributed by atoms with Gasteiger partial charge >= 0.3 is 164 Å². The molecule has 0 amide bonds. The fourth-order valence-electron chi connectivity index (χ4n) is 4.94. The van der Waals surface area contributed by atoms with Crippen molar-refractivity contribution in [1.29, 1.82) is 0 Å². The average molecular weight is 414 g/mol. The van der Waals surface area contributed by atoms with E-state index in [0.29, 0.717) is 7.25 Å². The summed E-state index contributed by atoms with van der Waals surface area (Å²) < 4.78 is 3.91. The zero-order valence-electron chi connectivity index (χ0n) is 15.2. The van der Waals surface area contributed by atoms with E-state index in [0.717, 1.165) is 0 Å². The van der Waals surface area contributed by atoms with Crippen LogP contribution in [0, 0.1) is 0 Å². The van der Waals surface area contributed by atoms with Crippen LogP contribution in [-0.2, 0) is 21.3 Å². The van der Waals surface area contributed by atoms with E-state index in [2.05, 4.69) is 96.4 Å². The Morgan fingerprint density at radius 1 is 0.692 bits per heavy atom. The van der Waals surface area contributed by atoms with Crippen molar-refractivity contribution < 1.29 is 21.3 Å². The van der Waals surface area contributed by atoms with Crippen LogP contribution < -0.4 is 0 Å². The molecule has 0 fully saturated rings. The molecule has 5 rings (SSSR count). The van der Waals surface area contributed by atoms with Crippen LogP contribution in [-0.4, -0.2) is 3.71 Å². The first-order valence-corrected chi connectivity index (χ1v) is 13.7. The molecule has 2 aliphatic rings. The minimum absolute atomic E-state index is 0.620. The Kier molecular flexibility index (Phi) is 4.02. The fourth-order valence-corrected chi connectivity index (χ4v) is 13.4. The molecule has 0 aromatic heterocycles. The summed E-state index contributed by atoms with van der Waals surface area (Å²) in [4.78, 5) is 0. The van der Waals surface area contributed by atoms with Gasteiger partial charge in [-0.15, -0.1) is 0 Å². The van der Waals surface area contributed by atoms with E-state index in [9.17, 15) is 0 Å². The summed E-state index contributed by atoms with van der Waals surface area (Å²) in [6.45, 7) is 4.67. The monoisotopic (exact) mass is 412 g/mol. The van der Waals surface area contributed by atoms with Gasteiger partial charge in [-0.3, -0.25) is 0 Å². The molecule has 0 saturated heterocycles. The Labute approximate surface area is 163 Å². The van der Waals surface area contributed by atoms with Gasteiger partial charge < -0.3 is 0 Å². The van der Waals surface area contributed by atoms with E-state index >= 15 is 0 Å². The molecule has 0 nitrogen and oxygen atoms in total. The summed E-state index contributed by atoms with van der Waals surface area (Å²) in [5.41, 5.74) is 10.6. The van der Waals surface area contributed by atoms with E-state index in [1.165, 1.54) is 16.7 Å². The molecular weight excluding hydrogens is 391 g/mol. The Balaban J connectivity index is 1.71. The molecule has 0 aliphatic heterocycles. The van der Waals surface area contributed by atoms with Gasteiger partial charge in [-0.2, -0.15) is 0 Å². The zero-order valence-corrected chi connectivity index (χ0v) is 17.7. The molecule has 1 atom stereocenters. The Morgan fingerprint density at radius 3 is 1.85 bits per heavy atom. The molecule has 1 unspecified atom stereocenters. The second-order valence-electron chi connectivity index (χ2n) is 7.35. The molecule has 126 valence electrons. The van der Waals surface area contributed by atoms with Crippen LogP contribution in [0.2, 0.25) is 0 Å². The average Bonchev–Trinajstić information content (AvgIpc) is 3.19. The number of hydrogen-bond donors (Lipinski definition) is 0. The van der Waals surface area contributed by atoms with Gasteiger partial charge in [0.05, 0.1) is 0 Å². The predicted molar refractivity (Wildman–Crippen MR) is 108 cm³/mol. The van der Waals surface area contributed by atoms with Gasteiger partial charge in [0.25, 0.3) is 0 Å². The molecule has 3 aromatic carbocycles. The summed E-state index contributed by atoms with van der Waals surface area (Å²) in [5, 5.41) is 0. The van der Waals surface area contributed by atoms with Crippen LogP contribution >= 0.6 is 0 Å². The molecule has 0 N–H and O–H groups in total. The van der Waals surface area contributed by atoms with Crippen LogP contribution in [0.5, 0.6) is 0 Å². The number of hydrogen-bond acceptors (Lipinski definition) is 0. The number of allylic oxidation sites excluding steroid dienone is 1. The number of rotatable bonds is 2. The van der Waals surface area contributed by atoms with E-state index in [4.69, 9.17) is 0 Å². The van der Waals surface area contributed by atoms with Crippen molar-refractivity contribution in [2.75, 3.05) is 0 Å². The molecule has 0 radical (unpaired) electrons. The van der Waals surface area contributed by atoms with Gasteiger partial charge in [0.15, 0.2) is 0 Å². The minimum atomic E-state index is -2.00. The molecule has 3 aromatic rings. The molecule has 0 saturated carbocycles. The first kappa shape index (κ1) is 16.3. The first-order chi connectivity index (χ1) is 12.8. The van der Waals surface area contributed by atoms with Crippen molar-refractivity contribution in [3.05, 3.63) is 101 Å². The van der Waals surface area contributed by atoms with Crippen LogP contribution in [0.25, 0.3) is 17.2 Å². The third-order valence-corrected chi connectivity index (χ3v) is 14.3. The van der Waals surface area contributed by atoms with Crippen molar-refractivity contribution >= 4 is 9.78 Å². The van der Waals surface area contributed by atoms with Gasteiger partial charge in [-0.25, -0.2) is 0 Å². The Morgan fingerprint density at radius 2 is 1.23 bits per heavy atom. The summed E-state index contributed by atoms with van der Waals surface area (Å²) >= 11 is -2.00. The standard InChI is InChI=1S/C13H9.C10H9.C2H4.Zr/c1-3-7-12-10(5-1)9-11-6-2-4-8-13(11)12;1-8-6-9-4-2-3-5-10(9)7-8;1-2;/h1-9H;2-7H,1H3;1H,2H3;. The van der Waals surface area contributed by atoms with Gasteiger partial charge in [-0.05, 0) is 0 Å². The molecule has 26 heavy (non-hydrogen) atoms. The Hall–Kier alpha value is -1.85. The molecule has 1 heteroatoms. The summed E-state index contributed by atoms with van der Waals surface area (Å²) in [6, 6.07) is 27.2. The van der Waals surface area contributed by atoms with Crippen LogP contribution in [0.4, 0.5) is 0 Å². The fraction of sp³-hybridized carbons (Fsp3) is 0.160. The Bertz CT molecular complexity index is 1030. The van der Waals surface area contributed by atoms with Gasteiger partial charge in [0.2, 0.25) is 0 Å². The topological polar surface area (TPSA) is 0 Å². The van der Waals surface area contributed by atoms with Gasteiger partial charge in [0.1, 0.15) is 0 Å². The molecule has 0 heterocycles. The number of benzene rings is 3. The quantitative estimate of drug-likeness (QED) is 0.459. The maximum absolute atomic E-state index is 2.63. The van der Waals surface area contributed by atoms with Gasteiger partial charge in [-0.1, -0.05) is 0 Å². The molecule has 0 spiro atoms.